The standard InChI is InChI=1S/C19H26N4O2S/c1-3-22-11-9-14(10-12-22)20-17(24)13-26-19-21-16-8-6-5-7-15(16)18(25)23(19)4-2/h5-8,14H,3-4,9-13H2,1-2H3,(H,20,24). The van der Waals surface area contributed by atoms with Crippen molar-refractivity contribution in [3.8, 4) is 0 Å². The van der Waals surface area contributed by atoms with Crippen LogP contribution in [0.4, 0.5) is 0 Å². The van der Waals surface area contributed by atoms with E-state index in [0.29, 0.717) is 22.6 Å². The van der Waals surface area contributed by atoms with Gasteiger partial charge in [-0.2, -0.15) is 0 Å². The van der Waals surface area contributed by atoms with Gasteiger partial charge in [-0.3, -0.25) is 14.2 Å². The Balaban J connectivity index is 1.64. The second-order valence-corrected chi connectivity index (χ2v) is 7.47. The molecule has 1 amide bonds. The number of amides is 1. The van der Waals surface area contributed by atoms with Crippen LogP contribution in [0.15, 0.2) is 34.2 Å². The van der Waals surface area contributed by atoms with Gasteiger partial charge in [0.15, 0.2) is 5.16 Å². The Kier molecular flexibility index (Phi) is 6.32. The molecule has 0 spiro atoms. The number of carbonyl (C=O) groups is 1. The summed E-state index contributed by atoms with van der Waals surface area (Å²) < 4.78 is 1.64. The van der Waals surface area contributed by atoms with Gasteiger partial charge < -0.3 is 10.2 Å². The second kappa shape index (κ2) is 8.68. The van der Waals surface area contributed by atoms with E-state index in [1.165, 1.54) is 11.8 Å². The van der Waals surface area contributed by atoms with E-state index >= 15 is 0 Å². The summed E-state index contributed by atoms with van der Waals surface area (Å²) in [6.07, 6.45) is 2.00. The first-order valence-electron chi connectivity index (χ1n) is 9.26. The molecule has 1 saturated heterocycles. The van der Waals surface area contributed by atoms with Crippen molar-refractivity contribution in [2.75, 3.05) is 25.4 Å². The van der Waals surface area contributed by atoms with E-state index in [4.69, 9.17) is 0 Å². The number of carbonyl (C=O) groups excluding carboxylic acids is 1. The van der Waals surface area contributed by atoms with Crippen LogP contribution in [0, 0.1) is 0 Å². The number of nitrogens with zero attached hydrogens (tertiary/aromatic N) is 3. The van der Waals surface area contributed by atoms with Crippen LogP contribution in [0.3, 0.4) is 0 Å². The predicted molar refractivity (Wildman–Crippen MR) is 106 cm³/mol. The fourth-order valence-electron chi connectivity index (χ4n) is 3.33. The quantitative estimate of drug-likeness (QED) is 0.620. The fourth-order valence-corrected chi connectivity index (χ4v) is 4.20. The number of nitrogens with one attached hydrogen (secondary N) is 1. The predicted octanol–water partition coefficient (Wildman–Crippen LogP) is 2.11. The van der Waals surface area contributed by atoms with Crippen molar-refractivity contribution >= 4 is 28.6 Å². The van der Waals surface area contributed by atoms with Gasteiger partial charge in [0.1, 0.15) is 0 Å². The lowest BCUT2D eigenvalue weighted by Crippen LogP contribution is -2.45. The van der Waals surface area contributed by atoms with Crippen molar-refractivity contribution < 1.29 is 4.79 Å². The maximum Gasteiger partial charge on any atom is 0.262 e. The molecule has 3 rings (SSSR count). The summed E-state index contributed by atoms with van der Waals surface area (Å²) in [4.78, 5) is 31.9. The van der Waals surface area contributed by atoms with Crippen LogP contribution in [0.1, 0.15) is 26.7 Å². The molecule has 0 radical (unpaired) electrons. The summed E-state index contributed by atoms with van der Waals surface area (Å²) in [6, 6.07) is 7.59. The highest BCUT2D eigenvalue weighted by atomic mass is 32.2. The van der Waals surface area contributed by atoms with Gasteiger partial charge in [-0.05, 0) is 38.4 Å². The SMILES string of the molecule is CCN1CCC(NC(=O)CSc2nc3ccccc3c(=O)n2CC)CC1. The van der Waals surface area contributed by atoms with E-state index in [1.54, 1.807) is 10.6 Å². The van der Waals surface area contributed by atoms with Crippen molar-refractivity contribution in [2.45, 2.75) is 44.4 Å². The molecule has 140 valence electrons. The summed E-state index contributed by atoms with van der Waals surface area (Å²) in [5.74, 6) is 0.286. The fraction of sp³-hybridized carbons (Fsp3) is 0.526. The van der Waals surface area contributed by atoms with Gasteiger partial charge in [0.05, 0.1) is 16.7 Å². The van der Waals surface area contributed by atoms with E-state index in [1.807, 2.05) is 25.1 Å². The Bertz CT molecular complexity index is 828. The lowest BCUT2D eigenvalue weighted by Gasteiger charge is -2.31. The van der Waals surface area contributed by atoms with Crippen LogP contribution in [0.25, 0.3) is 10.9 Å². The molecule has 0 unspecified atom stereocenters. The van der Waals surface area contributed by atoms with Crippen molar-refractivity contribution in [2.24, 2.45) is 0 Å². The zero-order chi connectivity index (χ0) is 18.5. The van der Waals surface area contributed by atoms with Crippen molar-refractivity contribution in [1.82, 2.24) is 19.8 Å². The van der Waals surface area contributed by atoms with Crippen LogP contribution < -0.4 is 10.9 Å². The summed E-state index contributed by atoms with van der Waals surface area (Å²) >= 11 is 1.33. The third-order valence-corrected chi connectivity index (χ3v) is 5.85. The molecule has 0 saturated carbocycles. The molecule has 26 heavy (non-hydrogen) atoms. The van der Waals surface area contributed by atoms with Crippen molar-refractivity contribution in [1.29, 1.82) is 0 Å². The van der Waals surface area contributed by atoms with E-state index < -0.39 is 0 Å². The molecule has 2 aromatic rings. The Morgan fingerprint density at radius 2 is 1.96 bits per heavy atom. The number of benzene rings is 1. The summed E-state index contributed by atoms with van der Waals surface area (Å²) in [7, 11) is 0. The highest BCUT2D eigenvalue weighted by Crippen LogP contribution is 2.18. The zero-order valence-electron chi connectivity index (χ0n) is 15.4. The molecule has 7 heteroatoms. The molecule has 2 heterocycles. The van der Waals surface area contributed by atoms with Crippen LogP contribution in [0.2, 0.25) is 0 Å². The van der Waals surface area contributed by atoms with Crippen LogP contribution in [-0.2, 0) is 11.3 Å². The van der Waals surface area contributed by atoms with Gasteiger partial charge in [-0.25, -0.2) is 4.98 Å². The zero-order valence-corrected chi connectivity index (χ0v) is 16.2. The lowest BCUT2D eigenvalue weighted by molar-refractivity contribution is -0.119. The molecule has 6 nitrogen and oxygen atoms in total. The topological polar surface area (TPSA) is 67.2 Å². The van der Waals surface area contributed by atoms with Gasteiger partial charge in [-0.1, -0.05) is 30.8 Å². The van der Waals surface area contributed by atoms with E-state index in [2.05, 4.69) is 22.1 Å². The maximum absolute atomic E-state index is 12.6. The molecular weight excluding hydrogens is 348 g/mol. The summed E-state index contributed by atoms with van der Waals surface area (Å²) in [5.41, 5.74) is 0.630. The number of para-hydroxylation sites is 1. The summed E-state index contributed by atoms with van der Waals surface area (Å²) in [6.45, 7) is 7.77. The molecular formula is C19H26N4O2S. The number of hydrogen-bond acceptors (Lipinski definition) is 5. The van der Waals surface area contributed by atoms with Gasteiger partial charge in [0, 0.05) is 25.7 Å². The second-order valence-electron chi connectivity index (χ2n) is 6.53. The Hall–Kier alpha value is -1.86. The average Bonchev–Trinajstić information content (AvgIpc) is 2.67. The van der Waals surface area contributed by atoms with Crippen molar-refractivity contribution in [3.05, 3.63) is 34.6 Å². The van der Waals surface area contributed by atoms with E-state index in [9.17, 15) is 9.59 Å². The first kappa shape index (κ1) is 18.9. The molecule has 1 aromatic heterocycles. The van der Waals surface area contributed by atoms with Crippen LogP contribution in [-0.4, -0.2) is 51.8 Å². The molecule has 0 atom stereocenters. The highest BCUT2D eigenvalue weighted by molar-refractivity contribution is 7.99. The maximum atomic E-state index is 12.6. The number of thioether (sulfide) groups is 1. The molecule has 0 aliphatic carbocycles. The van der Waals surface area contributed by atoms with Gasteiger partial charge in [0.2, 0.25) is 5.91 Å². The lowest BCUT2D eigenvalue weighted by atomic mass is 10.1. The average molecular weight is 375 g/mol. The number of hydrogen-bond donors (Lipinski definition) is 1. The first-order valence-corrected chi connectivity index (χ1v) is 10.2. The first-order chi connectivity index (χ1) is 12.6. The number of rotatable bonds is 6. The van der Waals surface area contributed by atoms with Crippen LogP contribution in [0.5, 0.6) is 0 Å². The number of fused-ring (bicyclic) bond motifs is 1. The van der Waals surface area contributed by atoms with Crippen LogP contribution >= 0.6 is 11.8 Å². The minimum atomic E-state index is -0.0482. The minimum Gasteiger partial charge on any atom is -0.353 e. The Labute approximate surface area is 158 Å². The molecule has 1 fully saturated rings. The Morgan fingerprint density at radius 1 is 1.23 bits per heavy atom. The third kappa shape index (κ3) is 4.27. The molecule has 0 bridgehead atoms. The number of likely N-dealkylation sites (tertiary alicyclic amines) is 1. The monoisotopic (exact) mass is 374 g/mol. The van der Waals surface area contributed by atoms with E-state index in [0.717, 1.165) is 32.5 Å². The van der Waals surface area contributed by atoms with Gasteiger partial charge in [-0.15, -0.1) is 0 Å². The third-order valence-electron chi connectivity index (χ3n) is 4.88. The minimum absolute atomic E-state index is 0.00927. The highest BCUT2D eigenvalue weighted by Gasteiger charge is 2.20. The summed E-state index contributed by atoms with van der Waals surface area (Å²) in [5, 5.41) is 4.34. The number of piperidine rings is 1. The smallest absolute Gasteiger partial charge is 0.262 e. The van der Waals surface area contributed by atoms with Gasteiger partial charge in [0.25, 0.3) is 5.56 Å². The molecule has 1 aliphatic heterocycles. The Morgan fingerprint density at radius 3 is 2.65 bits per heavy atom. The molecule has 1 aromatic carbocycles. The molecule has 1 aliphatic rings. The molecule has 1 N–H and O–H groups in total. The van der Waals surface area contributed by atoms with Crippen molar-refractivity contribution in [3.63, 3.8) is 0 Å². The van der Waals surface area contributed by atoms with Gasteiger partial charge >= 0.3 is 0 Å². The largest absolute Gasteiger partial charge is 0.353 e. The van der Waals surface area contributed by atoms with E-state index in [-0.39, 0.29) is 23.3 Å². The number of aromatic nitrogens is 2. The normalized spacial score (nSPS) is 16.1.